The van der Waals surface area contributed by atoms with E-state index in [1.54, 1.807) is 0 Å². The van der Waals surface area contributed by atoms with Crippen molar-refractivity contribution in [3.05, 3.63) is 23.8 Å². The molecule has 1 aromatic rings. The molecule has 4 aliphatic rings. The van der Waals surface area contributed by atoms with Gasteiger partial charge < -0.3 is 14.2 Å². The molecule has 4 saturated carbocycles. The molecule has 0 atom stereocenters. The zero-order valence-electron chi connectivity index (χ0n) is 15.8. The van der Waals surface area contributed by atoms with Crippen molar-refractivity contribution in [3.8, 4) is 11.5 Å². The lowest BCUT2D eigenvalue weighted by Crippen LogP contribution is -2.51. The maximum atomic E-state index is 12.9. The van der Waals surface area contributed by atoms with Crippen LogP contribution in [-0.2, 0) is 9.53 Å². The van der Waals surface area contributed by atoms with Gasteiger partial charge in [0.2, 0.25) is 0 Å². The van der Waals surface area contributed by atoms with Gasteiger partial charge in [0, 0.05) is 5.41 Å². The molecule has 4 fully saturated rings. The summed E-state index contributed by atoms with van der Waals surface area (Å²) in [5.74, 6) is 1.08. The van der Waals surface area contributed by atoms with Crippen LogP contribution in [-0.4, -0.2) is 32.1 Å². The fourth-order valence-corrected chi connectivity index (χ4v) is 5.81. The molecule has 5 rings (SSSR count). The van der Waals surface area contributed by atoms with Crippen LogP contribution in [0.2, 0.25) is 0 Å². The number of carbonyl (C=O) groups excluding carboxylic acids is 2. The predicted molar refractivity (Wildman–Crippen MR) is 95.5 cm³/mol. The van der Waals surface area contributed by atoms with E-state index >= 15 is 0 Å². The summed E-state index contributed by atoms with van der Waals surface area (Å²) in [5.41, 5.74) is -0.196. The number of methoxy groups -OCH3 is 1. The first-order valence-corrected chi connectivity index (χ1v) is 9.72. The van der Waals surface area contributed by atoms with Crippen molar-refractivity contribution >= 4 is 11.8 Å². The van der Waals surface area contributed by atoms with Gasteiger partial charge >= 0.3 is 12.6 Å². The molecule has 28 heavy (non-hydrogen) atoms. The third-order valence-electron chi connectivity index (χ3n) is 6.58. The van der Waals surface area contributed by atoms with Crippen molar-refractivity contribution in [2.45, 2.75) is 45.1 Å². The van der Waals surface area contributed by atoms with Gasteiger partial charge in [-0.2, -0.15) is 8.78 Å². The van der Waals surface area contributed by atoms with E-state index in [0.717, 1.165) is 19.3 Å². The zero-order valence-corrected chi connectivity index (χ0v) is 15.8. The Morgan fingerprint density at radius 3 is 2.21 bits per heavy atom. The third kappa shape index (κ3) is 3.59. The number of Topliss-reactive ketones (excluding diaryl/α,β-unsaturated/α-hetero) is 1. The Bertz CT molecular complexity index is 741. The number of hydrogen-bond donors (Lipinski definition) is 0. The molecule has 0 aromatic heterocycles. The number of alkyl halides is 2. The molecule has 0 heterocycles. The van der Waals surface area contributed by atoms with Crippen LogP contribution >= 0.6 is 0 Å². The molecule has 4 aliphatic carbocycles. The topological polar surface area (TPSA) is 61.8 Å². The highest BCUT2D eigenvalue weighted by atomic mass is 19.3. The van der Waals surface area contributed by atoms with Crippen molar-refractivity contribution < 1.29 is 32.6 Å². The van der Waals surface area contributed by atoms with Crippen LogP contribution < -0.4 is 9.47 Å². The van der Waals surface area contributed by atoms with Crippen LogP contribution in [0.15, 0.2) is 18.2 Å². The second kappa shape index (κ2) is 7.33. The Morgan fingerprint density at radius 2 is 1.68 bits per heavy atom. The van der Waals surface area contributed by atoms with Gasteiger partial charge in [0.15, 0.2) is 23.9 Å². The van der Waals surface area contributed by atoms with Crippen molar-refractivity contribution in [2.75, 3.05) is 13.7 Å². The summed E-state index contributed by atoms with van der Waals surface area (Å²) >= 11 is 0. The van der Waals surface area contributed by atoms with E-state index in [1.165, 1.54) is 44.6 Å². The average Bonchev–Trinajstić information content (AvgIpc) is 2.64. The van der Waals surface area contributed by atoms with Crippen LogP contribution in [0.25, 0.3) is 0 Å². The number of rotatable bonds is 7. The molecule has 7 heteroatoms. The maximum absolute atomic E-state index is 12.9. The van der Waals surface area contributed by atoms with Crippen LogP contribution in [0.1, 0.15) is 48.9 Å². The Kier molecular flexibility index (Phi) is 5.02. The highest BCUT2D eigenvalue weighted by Crippen LogP contribution is 2.60. The van der Waals surface area contributed by atoms with Gasteiger partial charge in [-0.3, -0.25) is 4.79 Å². The monoisotopic (exact) mass is 394 g/mol. The first-order chi connectivity index (χ1) is 13.4. The number of benzene rings is 1. The quantitative estimate of drug-likeness (QED) is 0.648. The lowest BCUT2D eigenvalue weighted by atomic mass is 9.48. The van der Waals surface area contributed by atoms with Gasteiger partial charge in [0.25, 0.3) is 0 Å². The fourth-order valence-electron chi connectivity index (χ4n) is 5.81. The van der Waals surface area contributed by atoms with Crippen molar-refractivity contribution in [1.29, 1.82) is 0 Å². The van der Waals surface area contributed by atoms with Gasteiger partial charge in [-0.15, -0.1) is 0 Å². The minimum absolute atomic E-state index is 0.00200. The van der Waals surface area contributed by atoms with E-state index in [-0.39, 0.29) is 34.9 Å². The number of hydrogen-bond acceptors (Lipinski definition) is 5. The molecule has 0 amide bonds. The van der Waals surface area contributed by atoms with Crippen LogP contribution in [0, 0.1) is 23.2 Å². The lowest BCUT2D eigenvalue weighted by molar-refractivity contribution is -0.147. The van der Waals surface area contributed by atoms with Gasteiger partial charge in [-0.05, 0) is 74.5 Å². The van der Waals surface area contributed by atoms with Crippen LogP contribution in [0.3, 0.4) is 0 Å². The Hall–Kier alpha value is -2.18. The van der Waals surface area contributed by atoms with E-state index in [4.69, 9.17) is 9.47 Å². The van der Waals surface area contributed by atoms with Gasteiger partial charge in [-0.25, -0.2) is 4.79 Å². The zero-order chi connectivity index (χ0) is 19.9. The largest absolute Gasteiger partial charge is 0.493 e. The Labute approximate surface area is 162 Å². The van der Waals surface area contributed by atoms with Gasteiger partial charge in [0.05, 0.1) is 12.7 Å². The van der Waals surface area contributed by atoms with E-state index in [0.29, 0.717) is 17.8 Å². The fraction of sp³-hybridized carbons (Fsp3) is 0.619. The highest BCUT2D eigenvalue weighted by molar-refractivity contribution is 5.93. The van der Waals surface area contributed by atoms with Gasteiger partial charge in [-0.1, -0.05) is 0 Å². The van der Waals surface area contributed by atoms with E-state index in [9.17, 15) is 18.4 Å². The van der Waals surface area contributed by atoms with Crippen molar-refractivity contribution in [1.82, 2.24) is 0 Å². The first kappa shape index (κ1) is 19.2. The molecule has 152 valence electrons. The minimum Gasteiger partial charge on any atom is -0.493 e. The summed E-state index contributed by atoms with van der Waals surface area (Å²) in [4.78, 5) is 25.3. The second-order valence-corrected chi connectivity index (χ2v) is 8.44. The number of ketones is 1. The lowest BCUT2D eigenvalue weighted by Gasteiger charge is -2.55. The molecule has 4 bridgehead atoms. The summed E-state index contributed by atoms with van der Waals surface area (Å²) in [6, 6.07) is 3.81. The SMILES string of the molecule is COc1cc(C(=O)OCC(=O)C23CC4CC(CC(C4)C2)C3)ccc1OC(F)F. The highest BCUT2D eigenvalue weighted by Gasteiger charge is 2.54. The maximum Gasteiger partial charge on any atom is 0.387 e. The molecule has 1 aromatic carbocycles. The minimum atomic E-state index is -3.00. The number of halogens is 2. The molecule has 0 N–H and O–H groups in total. The first-order valence-electron chi connectivity index (χ1n) is 9.72. The molecule has 0 unspecified atom stereocenters. The standard InChI is InChI=1S/C21H24F2O5/c1-26-17-7-15(2-3-16(17)28-20(22)23)19(25)27-11-18(24)21-8-12-4-13(9-21)6-14(5-12)10-21/h2-3,7,12-14,20H,4-6,8-11H2,1H3. The summed E-state index contributed by atoms with van der Waals surface area (Å²) in [5, 5.41) is 0. The smallest absolute Gasteiger partial charge is 0.387 e. The number of esters is 1. The summed E-state index contributed by atoms with van der Waals surface area (Å²) in [6.07, 6.45) is 6.46. The van der Waals surface area contributed by atoms with E-state index in [1.807, 2.05) is 0 Å². The average molecular weight is 394 g/mol. The molecule has 0 spiro atoms. The van der Waals surface area contributed by atoms with E-state index < -0.39 is 12.6 Å². The number of carbonyl (C=O) groups is 2. The summed E-state index contributed by atoms with van der Waals surface area (Å²) < 4.78 is 39.4. The van der Waals surface area contributed by atoms with Crippen LogP contribution in [0.4, 0.5) is 8.78 Å². The Balaban J connectivity index is 1.40. The third-order valence-corrected chi connectivity index (χ3v) is 6.58. The van der Waals surface area contributed by atoms with Crippen molar-refractivity contribution in [3.63, 3.8) is 0 Å². The predicted octanol–water partition coefficient (Wildman–Crippen LogP) is 4.24. The summed E-state index contributed by atoms with van der Waals surface area (Å²) in [6.45, 7) is -3.24. The summed E-state index contributed by atoms with van der Waals surface area (Å²) in [7, 11) is 1.29. The number of ether oxygens (including phenoxy) is 3. The second-order valence-electron chi connectivity index (χ2n) is 8.44. The molecule has 0 saturated heterocycles. The van der Waals surface area contributed by atoms with Crippen molar-refractivity contribution in [2.24, 2.45) is 23.2 Å². The Morgan fingerprint density at radius 1 is 1.07 bits per heavy atom. The molecular weight excluding hydrogens is 370 g/mol. The molecule has 0 aliphatic heterocycles. The molecule has 0 radical (unpaired) electrons. The molecular formula is C21H24F2O5. The molecule has 5 nitrogen and oxygen atoms in total. The van der Waals surface area contributed by atoms with Crippen LogP contribution in [0.5, 0.6) is 11.5 Å². The van der Waals surface area contributed by atoms with Gasteiger partial charge in [0.1, 0.15) is 0 Å². The van der Waals surface area contributed by atoms with E-state index in [2.05, 4.69) is 4.74 Å². The normalized spacial score (nSPS) is 30.4.